The fraction of sp³-hybridized carbons (Fsp3) is 0.350. The van der Waals surface area contributed by atoms with Gasteiger partial charge in [0.05, 0.1) is 11.4 Å². The van der Waals surface area contributed by atoms with E-state index in [1.165, 1.54) is 4.31 Å². The van der Waals surface area contributed by atoms with Crippen LogP contribution >= 0.6 is 0 Å². The number of fused-ring (bicyclic) bond motifs is 1. The molecule has 0 radical (unpaired) electrons. The molecule has 144 valence electrons. The maximum absolute atomic E-state index is 12.6. The van der Waals surface area contributed by atoms with E-state index >= 15 is 0 Å². The number of carbonyl (C=O) groups excluding carboxylic acids is 1. The first-order valence-electron chi connectivity index (χ1n) is 9.04. The molecule has 3 rings (SSSR count). The zero-order valence-corrected chi connectivity index (χ0v) is 16.7. The van der Waals surface area contributed by atoms with Gasteiger partial charge in [-0.25, -0.2) is 8.42 Å². The van der Waals surface area contributed by atoms with Crippen LogP contribution in [0.2, 0.25) is 0 Å². The molecule has 27 heavy (non-hydrogen) atoms. The van der Waals surface area contributed by atoms with Crippen molar-refractivity contribution in [3.63, 3.8) is 0 Å². The van der Waals surface area contributed by atoms with Crippen molar-refractivity contribution in [2.75, 3.05) is 40.9 Å². The highest BCUT2D eigenvalue weighted by Crippen LogP contribution is 2.32. The first-order valence-corrected chi connectivity index (χ1v) is 10.6. The minimum atomic E-state index is -3.29. The van der Waals surface area contributed by atoms with Gasteiger partial charge in [-0.3, -0.25) is 9.10 Å². The van der Waals surface area contributed by atoms with Gasteiger partial charge in [-0.1, -0.05) is 6.07 Å². The summed E-state index contributed by atoms with van der Waals surface area (Å²) in [5, 5.41) is 2.92. The zero-order chi connectivity index (χ0) is 19.6. The summed E-state index contributed by atoms with van der Waals surface area (Å²) < 4.78 is 26.1. The summed E-state index contributed by atoms with van der Waals surface area (Å²) in [6.07, 6.45) is 1.57. The number of hydrogen-bond acceptors (Lipinski definition) is 4. The van der Waals surface area contributed by atoms with Crippen molar-refractivity contribution in [1.29, 1.82) is 0 Å². The number of rotatable bonds is 5. The average molecular weight is 388 g/mol. The third-order valence-corrected chi connectivity index (χ3v) is 6.52. The van der Waals surface area contributed by atoms with E-state index in [0.717, 1.165) is 29.8 Å². The Labute approximate surface area is 160 Å². The summed E-state index contributed by atoms with van der Waals surface area (Å²) >= 11 is 0. The van der Waals surface area contributed by atoms with E-state index in [2.05, 4.69) is 5.32 Å². The van der Waals surface area contributed by atoms with Gasteiger partial charge in [0.25, 0.3) is 5.91 Å². The van der Waals surface area contributed by atoms with Crippen molar-refractivity contribution in [3.05, 3.63) is 53.6 Å². The van der Waals surface area contributed by atoms with Gasteiger partial charge in [0, 0.05) is 37.6 Å². The minimum Gasteiger partial charge on any atom is -0.378 e. The summed E-state index contributed by atoms with van der Waals surface area (Å²) in [5.41, 5.74) is 3.86. The summed E-state index contributed by atoms with van der Waals surface area (Å²) in [5.74, 6) is -0.111. The Kier molecular flexibility index (Phi) is 5.41. The lowest BCUT2D eigenvalue weighted by Crippen LogP contribution is -2.36. The maximum atomic E-state index is 12.6. The van der Waals surface area contributed by atoms with Crippen molar-refractivity contribution < 1.29 is 13.2 Å². The summed E-state index contributed by atoms with van der Waals surface area (Å²) in [6, 6.07) is 12.8. The summed E-state index contributed by atoms with van der Waals surface area (Å²) in [7, 11) is 0.569. The molecule has 1 heterocycles. The normalized spacial score (nSPS) is 13.8. The van der Waals surface area contributed by atoms with Gasteiger partial charge in [-0.15, -0.1) is 0 Å². The van der Waals surface area contributed by atoms with Crippen molar-refractivity contribution in [3.8, 4) is 0 Å². The van der Waals surface area contributed by atoms with Crippen molar-refractivity contribution in [1.82, 2.24) is 0 Å². The second kappa shape index (κ2) is 7.60. The predicted molar refractivity (Wildman–Crippen MR) is 110 cm³/mol. The first kappa shape index (κ1) is 19.2. The molecule has 7 heteroatoms. The molecule has 0 saturated heterocycles. The molecule has 0 spiro atoms. The first-order chi connectivity index (χ1) is 12.8. The second-order valence-corrected chi connectivity index (χ2v) is 9.00. The summed E-state index contributed by atoms with van der Waals surface area (Å²) in [6.45, 7) is 2.16. The number of nitrogens with zero attached hydrogens (tertiary/aromatic N) is 2. The summed E-state index contributed by atoms with van der Waals surface area (Å²) in [4.78, 5) is 14.5. The fourth-order valence-corrected chi connectivity index (χ4v) is 4.41. The quantitative estimate of drug-likeness (QED) is 0.856. The van der Waals surface area contributed by atoms with Gasteiger partial charge < -0.3 is 10.2 Å². The van der Waals surface area contributed by atoms with E-state index in [-0.39, 0.29) is 11.7 Å². The van der Waals surface area contributed by atoms with Crippen LogP contribution in [0, 0.1) is 0 Å². The van der Waals surface area contributed by atoms with Gasteiger partial charge >= 0.3 is 0 Å². The Balaban J connectivity index is 1.83. The molecule has 2 aromatic rings. The third kappa shape index (κ3) is 4.08. The van der Waals surface area contributed by atoms with Crippen LogP contribution in [0.4, 0.5) is 17.1 Å². The van der Waals surface area contributed by atoms with Crippen LogP contribution in [-0.4, -0.2) is 40.7 Å². The lowest BCUT2D eigenvalue weighted by atomic mass is 10.0. The van der Waals surface area contributed by atoms with Gasteiger partial charge in [-0.2, -0.15) is 0 Å². The maximum Gasteiger partial charge on any atom is 0.255 e. The lowest BCUT2D eigenvalue weighted by molar-refractivity contribution is 0.102. The van der Waals surface area contributed by atoms with Crippen molar-refractivity contribution in [2.45, 2.75) is 19.8 Å². The van der Waals surface area contributed by atoms with Gasteiger partial charge in [-0.05, 0) is 61.7 Å². The van der Waals surface area contributed by atoms with E-state index < -0.39 is 10.0 Å². The Morgan fingerprint density at radius 1 is 1.19 bits per heavy atom. The van der Waals surface area contributed by atoms with Crippen LogP contribution in [0.5, 0.6) is 0 Å². The number of carbonyl (C=O) groups is 1. The predicted octanol–water partition coefficient (Wildman–Crippen LogP) is 3.11. The number of anilines is 3. The Morgan fingerprint density at radius 2 is 1.96 bits per heavy atom. The van der Waals surface area contributed by atoms with Crippen LogP contribution in [0.15, 0.2) is 42.5 Å². The molecule has 1 aliphatic heterocycles. The monoisotopic (exact) mass is 387 g/mol. The largest absolute Gasteiger partial charge is 0.378 e. The van der Waals surface area contributed by atoms with Gasteiger partial charge in [0.15, 0.2) is 0 Å². The molecule has 0 bridgehead atoms. The Bertz CT molecular complexity index is 955. The molecular formula is C20H25N3O3S. The van der Waals surface area contributed by atoms with Crippen molar-refractivity contribution >= 4 is 33.0 Å². The highest BCUT2D eigenvalue weighted by molar-refractivity contribution is 7.92. The second-order valence-electron chi connectivity index (χ2n) is 6.82. The molecule has 0 unspecified atom stereocenters. The van der Waals surface area contributed by atoms with Gasteiger partial charge in [0.2, 0.25) is 10.0 Å². The molecule has 0 aliphatic carbocycles. The smallest absolute Gasteiger partial charge is 0.255 e. The third-order valence-electron chi connectivity index (χ3n) is 4.74. The SMILES string of the molecule is CCS(=O)(=O)N1CCCc2cc(NC(=O)c3cccc(N(C)C)c3)ccc21. The van der Waals surface area contributed by atoms with Crippen LogP contribution in [0.25, 0.3) is 0 Å². The van der Waals surface area contributed by atoms with E-state index in [1.54, 1.807) is 25.1 Å². The van der Waals surface area contributed by atoms with Crippen LogP contribution < -0.4 is 14.5 Å². The van der Waals surface area contributed by atoms with Crippen molar-refractivity contribution in [2.24, 2.45) is 0 Å². The molecule has 6 nitrogen and oxygen atoms in total. The molecule has 0 saturated carbocycles. The Hall–Kier alpha value is -2.54. The molecule has 1 amide bonds. The van der Waals surface area contributed by atoms with Crippen LogP contribution in [-0.2, 0) is 16.4 Å². The topological polar surface area (TPSA) is 69.7 Å². The number of sulfonamides is 1. The van der Waals surface area contributed by atoms with Crippen LogP contribution in [0.1, 0.15) is 29.3 Å². The molecule has 0 fully saturated rings. The molecule has 1 N–H and O–H groups in total. The molecule has 2 aromatic carbocycles. The molecule has 0 atom stereocenters. The number of hydrogen-bond donors (Lipinski definition) is 1. The average Bonchev–Trinajstić information content (AvgIpc) is 2.67. The molecule has 1 aliphatic rings. The highest BCUT2D eigenvalue weighted by atomic mass is 32.2. The minimum absolute atomic E-state index is 0.0765. The number of nitrogens with one attached hydrogen (secondary N) is 1. The lowest BCUT2D eigenvalue weighted by Gasteiger charge is -2.30. The van der Waals surface area contributed by atoms with E-state index in [1.807, 2.05) is 43.3 Å². The molecule has 0 aromatic heterocycles. The number of aryl methyl sites for hydroxylation is 1. The van der Waals surface area contributed by atoms with Crippen LogP contribution in [0.3, 0.4) is 0 Å². The van der Waals surface area contributed by atoms with Gasteiger partial charge in [0.1, 0.15) is 0 Å². The van der Waals surface area contributed by atoms with E-state index in [9.17, 15) is 13.2 Å². The Morgan fingerprint density at radius 3 is 2.67 bits per heavy atom. The fourth-order valence-electron chi connectivity index (χ4n) is 3.21. The van der Waals surface area contributed by atoms with E-state index in [0.29, 0.717) is 17.8 Å². The van der Waals surface area contributed by atoms with E-state index in [4.69, 9.17) is 0 Å². The highest BCUT2D eigenvalue weighted by Gasteiger charge is 2.26. The number of amides is 1. The molecular weight excluding hydrogens is 362 g/mol. The number of benzene rings is 2. The zero-order valence-electron chi connectivity index (χ0n) is 15.9. The standard InChI is InChI=1S/C20H25N3O3S/c1-4-27(25,26)23-12-6-8-15-13-17(10-11-19(15)23)21-20(24)16-7-5-9-18(14-16)22(2)3/h5,7,9-11,13-14H,4,6,8,12H2,1-3H3,(H,21,24).